The monoisotopic (exact) mass is 502 g/mol. The van der Waals surface area contributed by atoms with Crippen molar-refractivity contribution in [3.63, 3.8) is 0 Å². The molecule has 194 valence electrons. The summed E-state index contributed by atoms with van der Waals surface area (Å²) in [5.74, 6) is 0.519. The highest BCUT2D eigenvalue weighted by atomic mass is 19.1. The third-order valence-electron chi connectivity index (χ3n) is 7.68. The van der Waals surface area contributed by atoms with Gasteiger partial charge < -0.3 is 4.98 Å². The molecule has 1 fully saturated rings. The molecule has 2 aromatic heterocycles. The fourth-order valence-electron chi connectivity index (χ4n) is 5.63. The number of halogens is 1. The second-order valence-corrected chi connectivity index (χ2v) is 10.1. The standard InChI is InChI=1S/C29H35FN6O/c1-3-20-12-15-26-22(16-20)17-23(29(37)31-26)19-35(25-8-6-5-7-9-25)27(4-2)28-32-33-34-36(28)18-21-10-13-24(30)14-11-21/h10-17,25,27H,3-9,18-19H2,1-2H3,(H,31,37)/t27-/m1/s1. The van der Waals surface area contributed by atoms with Gasteiger partial charge in [0.25, 0.3) is 5.56 Å². The van der Waals surface area contributed by atoms with Gasteiger partial charge in [-0.05, 0) is 83.0 Å². The molecule has 0 spiro atoms. The van der Waals surface area contributed by atoms with E-state index in [4.69, 9.17) is 0 Å². The number of hydrogen-bond donors (Lipinski definition) is 1. The van der Waals surface area contributed by atoms with Gasteiger partial charge in [0.15, 0.2) is 5.82 Å². The number of aryl methyl sites for hydroxylation is 1. The molecule has 0 unspecified atom stereocenters. The van der Waals surface area contributed by atoms with E-state index >= 15 is 0 Å². The van der Waals surface area contributed by atoms with Crippen LogP contribution >= 0.6 is 0 Å². The molecular formula is C29H35FN6O. The van der Waals surface area contributed by atoms with Crippen molar-refractivity contribution in [3.05, 3.63) is 87.2 Å². The number of pyridine rings is 1. The van der Waals surface area contributed by atoms with E-state index in [1.807, 2.05) is 10.7 Å². The molecule has 0 amide bonds. The Bertz CT molecular complexity index is 1390. The Morgan fingerprint density at radius 1 is 1.05 bits per heavy atom. The average molecular weight is 503 g/mol. The minimum atomic E-state index is -0.262. The zero-order chi connectivity index (χ0) is 25.8. The lowest BCUT2D eigenvalue weighted by Crippen LogP contribution is -2.41. The van der Waals surface area contributed by atoms with Gasteiger partial charge in [0.1, 0.15) is 5.82 Å². The molecule has 37 heavy (non-hydrogen) atoms. The van der Waals surface area contributed by atoms with Gasteiger partial charge >= 0.3 is 0 Å². The number of rotatable bonds is 9. The van der Waals surface area contributed by atoms with Crippen LogP contribution in [0.2, 0.25) is 0 Å². The van der Waals surface area contributed by atoms with Crippen LogP contribution in [0.25, 0.3) is 10.9 Å². The van der Waals surface area contributed by atoms with Crippen LogP contribution < -0.4 is 5.56 Å². The molecule has 1 aliphatic carbocycles. The van der Waals surface area contributed by atoms with Crippen molar-refractivity contribution < 1.29 is 4.39 Å². The number of hydrogen-bond acceptors (Lipinski definition) is 5. The van der Waals surface area contributed by atoms with Crippen LogP contribution in [0.5, 0.6) is 0 Å². The molecular weight excluding hydrogens is 467 g/mol. The number of benzene rings is 2. The lowest BCUT2D eigenvalue weighted by atomic mass is 9.92. The Balaban J connectivity index is 1.50. The number of nitrogens with one attached hydrogen (secondary N) is 1. The van der Waals surface area contributed by atoms with E-state index in [2.05, 4.69) is 57.5 Å². The highest BCUT2D eigenvalue weighted by Crippen LogP contribution is 2.33. The fraction of sp³-hybridized carbons (Fsp3) is 0.448. The van der Waals surface area contributed by atoms with Crippen LogP contribution in [0.4, 0.5) is 4.39 Å². The van der Waals surface area contributed by atoms with Crippen molar-refractivity contribution in [3.8, 4) is 0 Å². The summed E-state index contributed by atoms with van der Waals surface area (Å²) in [6, 6.07) is 15.0. The van der Waals surface area contributed by atoms with Crippen LogP contribution in [-0.2, 0) is 19.5 Å². The van der Waals surface area contributed by atoms with E-state index < -0.39 is 0 Å². The Morgan fingerprint density at radius 3 is 2.54 bits per heavy atom. The smallest absolute Gasteiger partial charge is 0.252 e. The predicted molar refractivity (Wildman–Crippen MR) is 143 cm³/mol. The number of H-pyrrole nitrogens is 1. The molecule has 1 saturated carbocycles. The van der Waals surface area contributed by atoms with Gasteiger partial charge in [-0.15, -0.1) is 5.10 Å². The number of tetrazole rings is 1. The first-order valence-electron chi connectivity index (χ1n) is 13.5. The molecule has 0 saturated heterocycles. The number of fused-ring (bicyclic) bond motifs is 1. The first-order valence-corrected chi connectivity index (χ1v) is 13.5. The third kappa shape index (κ3) is 5.64. The molecule has 1 atom stereocenters. The van der Waals surface area contributed by atoms with Crippen LogP contribution in [0.3, 0.4) is 0 Å². The van der Waals surface area contributed by atoms with E-state index in [0.29, 0.717) is 19.1 Å². The summed E-state index contributed by atoms with van der Waals surface area (Å²) >= 11 is 0. The molecule has 1 aliphatic rings. The zero-order valence-electron chi connectivity index (χ0n) is 21.7. The maximum atomic E-state index is 13.4. The highest BCUT2D eigenvalue weighted by Gasteiger charge is 2.32. The van der Waals surface area contributed by atoms with Crippen LogP contribution in [0.15, 0.2) is 53.3 Å². The minimum Gasteiger partial charge on any atom is -0.322 e. The molecule has 0 bridgehead atoms. The molecule has 1 N–H and O–H groups in total. The Kier molecular flexibility index (Phi) is 7.74. The molecule has 0 aliphatic heterocycles. The van der Waals surface area contributed by atoms with E-state index in [1.165, 1.54) is 37.0 Å². The summed E-state index contributed by atoms with van der Waals surface area (Å²) in [4.78, 5) is 18.7. The zero-order valence-corrected chi connectivity index (χ0v) is 21.7. The van der Waals surface area contributed by atoms with Gasteiger partial charge in [0.2, 0.25) is 0 Å². The van der Waals surface area contributed by atoms with Gasteiger partial charge in [0, 0.05) is 23.7 Å². The Morgan fingerprint density at radius 2 is 1.81 bits per heavy atom. The van der Waals surface area contributed by atoms with Gasteiger partial charge in [0.05, 0.1) is 12.6 Å². The summed E-state index contributed by atoms with van der Waals surface area (Å²) in [5.41, 5.74) is 3.78. The second-order valence-electron chi connectivity index (χ2n) is 10.1. The van der Waals surface area contributed by atoms with Gasteiger partial charge in [-0.2, -0.15) is 0 Å². The lowest BCUT2D eigenvalue weighted by Gasteiger charge is -2.39. The minimum absolute atomic E-state index is 0.0432. The van der Waals surface area contributed by atoms with Gasteiger partial charge in [-0.25, -0.2) is 9.07 Å². The summed E-state index contributed by atoms with van der Waals surface area (Å²) in [5, 5.41) is 13.8. The van der Waals surface area contributed by atoms with Crippen molar-refractivity contribution in [1.82, 2.24) is 30.1 Å². The molecule has 4 aromatic rings. The quantitative estimate of drug-likeness (QED) is 0.325. The number of aromatic amines is 1. The normalized spacial score (nSPS) is 15.5. The molecule has 2 heterocycles. The largest absolute Gasteiger partial charge is 0.322 e. The molecule has 0 radical (unpaired) electrons. The van der Waals surface area contributed by atoms with Crippen molar-refractivity contribution in [2.75, 3.05) is 0 Å². The SMILES string of the molecule is CCc1ccc2[nH]c(=O)c(CN(C3CCCCC3)[C@H](CC)c3nnnn3Cc3ccc(F)cc3)cc2c1. The summed E-state index contributed by atoms with van der Waals surface area (Å²) < 4.78 is 15.3. The predicted octanol–water partition coefficient (Wildman–Crippen LogP) is 5.55. The molecule has 7 nitrogen and oxygen atoms in total. The van der Waals surface area contributed by atoms with Crippen molar-refractivity contribution in [2.24, 2.45) is 0 Å². The molecule has 8 heteroatoms. The van der Waals surface area contributed by atoms with Crippen LogP contribution in [-0.4, -0.2) is 36.1 Å². The number of aromatic nitrogens is 5. The van der Waals surface area contributed by atoms with E-state index in [9.17, 15) is 9.18 Å². The first-order chi connectivity index (χ1) is 18.1. The van der Waals surface area contributed by atoms with Crippen molar-refractivity contribution in [1.29, 1.82) is 0 Å². The van der Waals surface area contributed by atoms with Gasteiger partial charge in [-0.3, -0.25) is 9.69 Å². The first kappa shape index (κ1) is 25.3. The highest BCUT2D eigenvalue weighted by molar-refractivity contribution is 5.79. The molecule has 2 aromatic carbocycles. The van der Waals surface area contributed by atoms with Crippen LogP contribution in [0, 0.1) is 5.82 Å². The van der Waals surface area contributed by atoms with Crippen molar-refractivity contribution in [2.45, 2.75) is 84.0 Å². The van der Waals surface area contributed by atoms with E-state index in [1.54, 1.807) is 12.1 Å². The van der Waals surface area contributed by atoms with E-state index in [0.717, 1.165) is 53.5 Å². The Hall–Kier alpha value is -3.39. The summed E-state index contributed by atoms with van der Waals surface area (Å²) in [6.45, 7) is 5.29. The average Bonchev–Trinajstić information content (AvgIpc) is 3.38. The maximum Gasteiger partial charge on any atom is 0.252 e. The maximum absolute atomic E-state index is 13.4. The Labute approximate surface area is 216 Å². The van der Waals surface area contributed by atoms with Crippen LogP contribution in [0.1, 0.15) is 80.9 Å². The fourth-order valence-corrected chi connectivity index (χ4v) is 5.63. The molecule has 5 rings (SSSR count). The number of nitrogens with zero attached hydrogens (tertiary/aromatic N) is 5. The second kappa shape index (κ2) is 11.3. The lowest BCUT2D eigenvalue weighted by molar-refractivity contribution is 0.0844. The van der Waals surface area contributed by atoms with E-state index in [-0.39, 0.29) is 17.4 Å². The summed E-state index contributed by atoms with van der Waals surface area (Å²) in [6.07, 6.45) is 7.58. The summed E-state index contributed by atoms with van der Waals surface area (Å²) in [7, 11) is 0. The van der Waals surface area contributed by atoms with Gasteiger partial charge in [-0.1, -0.05) is 51.3 Å². The third-order valence-corrected chi connectivity index (χ3v) is 7.68. The van der Waals surface area contributed by atoms with Crippen molar-refractivity contribution >= 4 is 10.9 Å². The topological polar surface area (TPSA) is 79.7 Å².